The van der Waals surface area contributed by atoms with E-state index in [0.29, 0.717) is 6.54 Å². The van der Waals surface area contributed by atoms with E-state index < -0.39 is 0 Å². The summed E-state index contributed by atoms with van der Waals surface area (Å²) in [6, 6.07) is 8.15. The van der Waals surface area contributed by atoms with Crippen molar-refractivity contribution >= 4 is 10.9 Å². The molecule has 0 aliphatic carbocycles. The van der Waals surface area contributed by atoms with Crippen LogP contribution in [0.1, 0.15) is 43.6 Å². The van der Waals surface area contributed by atoms with Gasteiger partial charge < -0.3 is 15.5 Å². The van der Waals surface area contributed by atoms with Crippen molar-refractivity contribution in [3.8, 4) is 5.75 Å². The lowest BCUT2D eigenvalue weighted by atomic mass is 9.90. The van der Waals surface area contributed by atoms with Crippen LogP contribution in [-0.2, 0) is 5.41 Å². The number of hydrogen-bond acceptors (Lipinski definition) is 3. The number of aromatic amines is 2. The Balaban J connectivity index is 2.06. The minimum absolute atomic E-state index is 0.0112. The highest BCUT2D eigenvalue weighted by molar-refractivity contribution is 5.85. The van der Waals surface area contributed by atoms with Crippen LogP contribution in [0.4, 0.5) is 0 Å². The molecule has 0 aliphatic rings. The minimum Gasteiger partial charge on any atom is -0.497 e. The van der Waals surface area contributed by atoms with Gasteiger partial charge in [0, 0.05) is 40.7 Å². The highest BCUT2D eigenvalue weighted by Gasteiger charge is 2.23. The summed E-state index contributed by atoms with van der Waals surface area (Å²) < 4.78 is 5.35. The second kappa shape index (κ2) is 5.74. The third kappa shape index (κ3) is 2.84. The van der Waals surface area contributed by atoms with Gasteiger partial charge in [-0.25, -0.2) is 0 Å². The number of H-pyrrole nitrogens is 2. The van der Waals surface area contributed by atoms with Gasteiger partial charge in [-0.2, -0.15) is 5.10 Å². The molecule has 1 aromatic carbocycles. The molecule has 1 unspecified atom stereocenters. The topological polar surface area (TPSA) is 79.7 Å². The number of aromatic nitrogens is 3. The lowest BCUT2D eigenvalue weighted by Gasteiger charge is -2.15. The normalized spacial score (nSPS) is 13.4. The summed E-state index contributed by atoms with van der Waals surface area (Å²) in [6.45, 7) is 6.97. The number of methoxy groups -OCH3 is 1. The summed E-state index contributed by atoms with van der Waals surface area (Å²) in [5.74, 6) is 0.911. The Morgan fingerprint density at radius 3 is 2.65 bits per heavy atom. The van der Waals surface area contributed by atoms with Crippen molar-refractivity contribution in [2.75, 3.05) is 13.7 Å². The van der Waals surface area contributed by atoms with E-state index >= 15 is 0 Å². The van der Waals surface area contributed by atoms with Crippen LogP contribution in [0.15, 0.2) is 30.5 Å². The van der Waals surface area contributed by atoms with Crippen LogP contribution < -0.4 is 10.5 Å². The maximum Gasteiger partial charge on any atom is 0.119 e. The van der Waals surface area contributed by atoms with E-state index in [1.165, 1.54) is 0 Å². The SMILES string of the molecule is COc1ccc2[nH]cc(C(CN)c3cc(C(C)(C)C)n[nH]3)c2c1. The molecule has 1 atom stereocenters. The number of benzene rings is 1. The molecule has 23 heavy (non-hydrogen) atoms. The van der Waals surface area contributed by atoms with Gasteiger partial charge in [0.1, 0.15) is 5.75 Å². The van der Waals surface area contributed by atoms with Gasteiger partial charge in [0.15, 0.2) is 0 Å². The molecular formula is C18H24N4O. The first-order valence-electron chi connectivity index (χ1n) is 7.85. The van der Waals surface area contributed by atoms with E-state index in [2.05, 4.69) is 42.0 Å². The Labute approximate surface area is 136 Å². The zero-order chi connectivity index (χ0) is 16.6. The Hall–Kier alpha value is -2.27. The van der Waals surface area contributed by atoms with Gasteiger partial charge in [-0.05, 0) is 29.8 Å². The first kappa shape index (κ1) is 15.6. The van der Waals surface area contributed by atoms with Crippen molar-refractivity contribution in [2.24, 2.45) is 5.73 Å². The van der Waals surface area contributed by atoms with Gasteiger partial charge >= 0.3 is 0 Å². The molecule has 0 amide bonds. The number of nitrogens with zero attached hydrogens (tertiary/aromatic N) is 1. The predicted octanol–water partition coefficient (Wildman–Crippen LogP) is 3.29. The molecule has 0 saturated heterocycles. The molecular weight excluding hydrogens is 288 g/mol. The molecule has 2 heterocycles. The largest absolute Gasteiger partial charge is 0.497 e. The Kier molecular flexibility index (Phi) is 3.90. The highest BCUT2D eigenvalue weighted by Crippen LogP contribution is 2.33. The van der Waals surface area contributed by atoms with Gasteiger partial charge in [-0.15, -0.1) is 0 Å². The molecule has 0 radical (unpaired) electrons. The standard InChI is InChI=1S/C18H24N4O/c1-18(2,3)17-8-16(21-22-17)13(9-19)14-10-20-15-6-5-11(23-4)7-12(14)15/h5-8,10,13,20H,9,19H2,1-4H3,(H,21,22). The van der Waals surface area contributed by atoms with E-state index in [1.807, 2.05) is 24.4 Å². The molecule has 0 fully saturated rings. The third-order valence-electron chi connectivity index (χ3n) is 4.27. The second-order valence-corrected chi connectivity index (χ2v) is 6.90. The van der Waals surface area contributed by atoms with Crippen molar-refractivity contribution in [1.29, 1.82) is 0 Å². The summed E-state index contributed by atoms with van der Waals surface area (Å²) in [5, 5.41) is 8.77. The van der Waals surface area contributed by atoms with E-state index in [-0.39, 0.29) is 11.3 Å². The van der Waals surface area contributed by atoms with Crippen molar-refractivity contribution in [1.82, 2.24) is 15.2 Å². The molecule has 122 valence electrons. The van der Waals surface area contributed by atoms with Crippen molar-refractivity contribution < 1.29 is 4.74 Å². The van der Waals surface area contributed by atoms with Crippen LogP contribution in [0, 0.1) is 0 Å². The average Bonchev–Trinajstić information content (AvgIpc) is 3.15. The molecule has 2 aromatic heterocycles. The van der Waals surface area contributed by atoms with Crippen molar-refractivity contribution in [3.63, 3.8) is 0 Å². The molecule has 4 N–H and O–H groups in total. The smallest absolute Gasteiger partial charge is 0.119 e. The Bertz CT molecular complexity index is 810. The number of fused-ring (bicyclic) bond motifs is 1. The summed E-state index contributed by atoms with van der Waals surface area (Å²) >= 11 is 0. The fourth-order valence-electron chi connectivity index (χ4n) is 2.86. The van der Waals surface area contributed by atoms with Crippen LogP contribution in [0.5, 0.6) is 5.75 Å². The molecule has 3 aromatic rings. The zero-order valence-corrected chi connectivity index (χ0v) is 14.1. The monoisotopic (exact) mass is 312 g/mol. The molecule has 0 aliphatic heterocycles. The van der Waals surface area contributed by atoms with Crippen LogP contribution in [-0.4, -0.2) is 28.8 Å². The first-order valence-corrected chi connectivity index (χ1v) is 7.85. The van der Waals surface area contributed by atoms with Crippen LogP contribution in [0.25, 0.3) is 10.9 Å². The molecule has 5 nitrogen and oxygen atoms in total. The van der Waals surface area contributed by atoms with Gasteiger partial charge in [0.25, 0.3) is 0 Å². The number of nitrogens with two attached hydrogens (primary N) is 1. The fourth-order valence-corrected chi connectivity index (χ4v) is 2.86. The summed E-state index contributed by atoms with van der Waals surface area (Å²) in [4.78, 5) is 3.32. The Morgan fingerprint density at radius 1 is 1.26 bits per heavy atom. The van der Waals surface area contributed by atoms with E-state index in [4.69, 9.17) is 10.5 Å². The van der Waals surface area contributed by atoms with Gasteiger partial charge in [-0.3, -0.25) is 5.10 Å². The van der Waals surface area contributed by atoms with E-state index in [9.17, 15) is 0 Å². The molecule has 0 spiro atoms. The molecule has 5 heteroatoms. The van der Waals surface area contributed by atoms with Crippen molar-refractivity contribution in [2.45, 2.75) is 32.1 Å². The maximum absolute atomic E-state index is 6.08. The van der Waals surface area contributed by atoms with Gasteiger partial charge in [-0.1, -0.05) is 20.8 Å². The number of nitrogens with one attached hydrogen (secondary N) is 2. The van der Waals surface area contributed by atoms with Crippen molar-refractivity contribution in [3.05, 3.63) is 47.4 Å². The molecule has 0 bridgehead atoms. The maximum atomic E-state index is 6.08. The van der Waals surface area contributed by atoms with Crippen LogP contribution in [0.3, 0.4) is 0 Å². The number of ether oxygens (including phenoxy) is 1. The van der Waals surface area contributed by atoms with Gasteiger partial charge in [0.05, 0.1) is 12.8 Å². The zero-order valence-electron chi connectivity index (χ0n) is 14.1. The summed E-state index contributed by atoms with van der Waals surface area (Å²) in [7, 11) is 1.68. The van der Waals surface area contributed by atoms with E-state index in [0.717, 1.165) is 33.6 Å². The Morgan fingerprint density at radius 2 is 2.04 bits per heavy atom. The minimum atomic E-state index is 0.0112. The lowest BCUT2D eigenvalue weighted by Crippen LogP contribution is -2.14. The number of rotatable bonds is 4. The first-order chi connectivity index (χ1) is 10.9. The van der Waals surface area contributed by atoms with E-state index in [1.54, 1.807) is 7.11 Å². The van der Waals surface area contributed by atoms with Crippen LogP contribution in [0.2, 0.25) is 0 Å². The summed E-state index contributed by atoms with van der Waals surface area (Å²) in [6.07, 6.45) is 2.03. The average molecular weight is 312 g/mol. The summed E-state index contributed by atoms with van der Waals surface area (Å²) in [5.41, 5.74) is 10.4. The fraction of sp³-hybridized carbons (Fsp3) is 0.389. The quantitative estimate of drug-likeness (QED) is 0.691. The predicted molar refractivity (Wildman–Crippen MR) is 93.0 cm³/mol. The molecule has 3 rings (SSSR count). The second-order valence-electron chi connectivity index (χ2n) is 6.90. The third-order valence-corrected chi connectivity index (χ3v) is 4.27. The van der Waals surface area contributed by atoms with Crippen LogP contribution >= 0.6 is 0 Å². The molecule has 0 saturated carbocycles. The number of hydrogen-bond donors (Lipinski definition) is 3. The van der Waals surface area contributed by atoms with Gasteiger partial charge in [0.2, 0.25) is 0 Å². The highest BCUT2D eigenvalue weighted by atomic mass is 16.5. The lowest BCUT2D eigenvalue weighted by molar-refractivity contribution is 0.415.